The van der Waals surface area contributed by atoms with Crippen LogP contribution in [0.4, 0.5) is 0 Å². The molecule has 2 N–H and O–H groups in total. The van der Waals surface area contributed by atoms with Crippen LogP contribution >= 0.6 is 11.6 Å². The van der Waals surface area contributed by atoms with Crippen LogP contribution in [0.25, 0.3) is 0 Å². The topological polar surface area (TPSA) is 70.4 Å². The van der Waals surface area contributed by atoms with E-state index < -0.39 is 18.0 Å². The van der Waals surface area contributed by atoms with Crippen molar-refractivity contribution < 1.29 is 15.0 Å². The molecule has 1 saturated carbocycles. The monoisotopic (exact) mass is 255 g/mol. The average molecular weight is 256 g/mol. The highest BCUT2D eigenvalue weighted by Gasteiger charge is 2.35. The van der Waals surface area contributed by atoms with Gasteiger partial charge < -0.3 is 10.2 Å². The fraction of sp³-hybridized carbons (Fsp3) is 0.500. The quantitative estimate of drug-likeness (QED) is 0.794. The summed E-state index contributed by atoms with van der Waals surface area (Å²) >= 11 is 5.70. The van der Waals surface area contributed by atoms with Crippen molar-refractivity contribution in [3.63, 3.8) is 0 Å². The second-order valence-corrected chi connectivity index (χ2v) is 4.82. The largest absolute Gasteiger partial charge is 0.481 e. The third-order valence-electron chi connectivity index (χ3n) is 3.32. The van der Waals surface area contributed by atoms with Crippen LogP contribution in [-0.4, -0.2) is 27.3 Å². The average Bonchev–Trinajstić information content (AvgIpc) is 2.29. The predicted octanol–water partition coefficient (Wildman–Crippen LogP) is 2.06. The molecule has 1 heterocycles. The second-order valence-electron chi connectivity index (χ2n) is 4.43. The highest BCUT2D eigenvalue weighted by molar-refractivity contribution is 6.29. The number of carboxylic acid groups (broad SMARTS) is 1. The normalized spacial score (nSPS) is 28.9. The van der Waals surface area contributed by atoms with E-state index in [0.717, 1.165) is 5.56 Å². The molecule has 1 fully saturated rings. The molecular formula is C12H14ClNO3. The van der Waals surface area contributed by atoms with Gasteiger partial charge in [-0.3, -0.25) is 4.79 Å². The van der Waals surface area contributed by atoms with Crippen molar-refractivity contribution in [2.24, 2.45) is 5.92 Å². The highest BCUT2D eigenvalue weighted by Crippen LogP contribution is 2.38. The first-order valence-electron chi connectivity index (χ1n) is 5.60. The number of hydrogen-bond acceptors (Lipinski definition) is 3. The van der Waals surface area contributed by atoms with Crippen molar-refractivity contribution in [3.8, 4) is 0 Å². The van der Waals surface area contributed by atoms with Gasteiger partial charge in [0.05, 0.1) is 12.0 Å². The molecule has 1 aliphatic rings. The Morgan fingerprint density at radius 1 is 1.41 bits per heavy atom. The van der Waals surface area contributed by atoms with Crippen LogP contribution < -0.4 is 0 Å². The van der Waals surface area contributed by atoms with E-state index in [1.807, 2.05) is 0 Å². The lowest BCUT2D eigenvalue weighted by molar-refractivity contribution is -0.144. The van der Waals surface area contributed by atoms with Crippen molar-refractivity contribution in [1.29, 1.82) is 0 Å². The summed E-state index contributed by atoms with van der Waals surface area (Å²) in [5.74, 6) is -1.43. The molecule has 1 aliphatic carbocycles. The molecule has 1 aromatic rings. The summed E-state index contributed by atoms with van der Waals surface area (Å²) in [6.45, 7) is 0. The molecule has 0 aromatic carbocycles. The summed E-state index contributed by atoms with van der Waals surface area (Å²) in [6.07, 6.45) is 2.70. The van der Waals surface area contributed by atoms with E-state index in [1.54, 1.807) is 18.3 Å². The highest BCUT2D eigenvalue weighted by atomic mass is 35.5. The summed E-state index contributed by atoms with van der Waals surface area (Å²) in [5.41, 5.74) is 0.834. The van der Waals surface area contributed by atoms with Gasteiger partial charge in [-0.2, -0.15) is 0 Å². The van der Waals surface area contributed by atoms with Crippen LogP contribution in [0.15, 0.2) is 18.3 Å². The van der Waals surface area contributed by atoms with Crippen molar-refractivity contribution in [2.75, 3.05) is 0 Å². The van der Waals surface area contributed by atoms with Crippen molar-refractivity contribution in [1.82, 2.24) is 4.98 Å². The Morgan fingerprint density at radius 2 is 2.18 bits per heavy atom. The Balaban J connectivity index is 2.25. The van der Waals surface area contributed by atoms with Crippen LogP contribution in [0.5, 0.6) is 0 Å². The van der Waals surface area contributed by atoms with E-state index in [4.69, 9.17) is 11.6 Å². The van der Waals surface area contributed by atoms with E-state index in [0.29, 0.717) is 24.4 Å². The number of nitrogens with zero attached hydrogens (tertiary/aromatic N) is 1. The molecule has 4 nitrogen and oxygen atoms in total. The Kier molecular flexibility index (Phi) is 3.64. The number of carbonyl (C=O) groups is 1. The van der Waals surface area contributed by atoms with Gasteiger partial charge in [-0.1, -0.05) is 17.7 Å². The summed E-state index contributed by atoms with van der Waals surface area (Å²) in [7, 11) is 0. The molecule has 0 saturated heterocycles. The van der Waals surface area contributed by atoms with E-state index in [9.17, 15) is 15.0 Å². The molecule has 0 unspecified atom stereocenters. The first-order chi connectivity index (χ1) is 8.08. The van der Waals surface area contributed by atoms with E-state index in [1.165, 1.54) is 0 Å². The third kappa shape index (κ3) is 2.76. The molecule has 3 atom stereocenters. The third-order valence-corrected chi connectivity index (χ3v) is 3.54. The Hall–Kier alpha value is -1.13. The van der Waals surface area contributed by atoms with Gasteiger partial charge in [0.15, 0.2) is 0 Å². The minimum Gasteiger partial charge on any atom is -0.481 e. The van der Waals surface area contributed by atoms with E-state index >= 15 is 0 Å². The zero-order valence-electron chi connectivity index (χ0n) is 9.21. The van der Waals surface area contributed by atoms with Crippen molar-refractivity contribution >= 4 is 17.6 Å². The Labute approximate surface area is 104 Å². The Morgan fingerprint density at radius 3 is 2.76 bits per heavy atom. The molecule has 1 aromatic heterocycles. The van der Waals surface area contributed by atoms with Crippen LogP contribution in [-0.2, 0) is 4.79 Å². The summed E-state index contributed by atoms with van der Waals surface area (Å²) < 4.78 is 0. The fourth-order valence-corrected chi connectivity index (χ4v) is 2.53. The minimum atomic E-state index is -0.808. The van der Waals surface area contributed by atoms with Gasteiger partial charge >= 0.3 is 5.97 Å². The SMILES string of the molecule is O=C(O)[C@@H]1CC[C@@H](O)C[C@@H]1c1ccc(Cl)nc1. The summed E-state index contributed by atoms with van der Waals surface area (Å²) in [5, 5.41) is 19.2. The molecule has 0 spiro atoms. The number of aliphatic hydroxyl groups excluding tert-OH is 1. The maximum absolute atomic E-state index is 11.2. The lowest BCUT2D eigenvalue weighted by Gasteiger charge is -2.31. The number of rotatable bonds is 2. The van der Waals surface area contributed by atoms with Crippen molar-refractivity contribution in [2.45, 2.75) is 31.3 Å². The molecule has 0 radical (unpaired) electrons. The lowest BCUT2D eigenvalue weighted by atomic mass is 9.75. The maximum atomic E-state index is 11.2. The molecule has 0 bridgehead atoms. The van der Waals surface area contributed by atoms with E-state index in [-0.39, 0.29) is 5.92 Å². The molecule has 17 heavy (non-hydrogen) atoms. The number of aliphatic carboxylic acids is 1. The van der Waals surface area contributed by atoms with Gasteiger partial charge in [-0.15, -0.1) is 0 Å². The van der Waals surface area contributed by atoms with Crippen LogP contribution in [0.3, 0.4) is 0 Å². The number of halogens is 1. The fourth-order valence-electron chi connectivity index (χ4n) is 2.42. The first-order valence-corrected chi connectivity index (χ1v) is 5.98. The van der Waals surface area contributed by atoms with Gasteiger partial charge in [-0.05, 0) is 30.9 Å². The van der Waals surface area contributed by atoms with E-state index in [2.05, 4.69) is 4.98 Å². The standard InChI is InChI=1S/C12H14ClNO3/c13-11-4-1-7(6-14-11)10-5-8(15)2-3-9(10)12(16)17/h1,4,6,8-10,15H,2-3,5H2,(H,16,17)/t8-,9-,10-/m1/s1. The van der Waals surface area contributed by atoms with Gasteiger partial charge in [0, 0.05) is 12.1 Å². The maximum Gasteiger partial charge on any atom is 0.307 e. The van der Waals surface area contributed by atoms with Gasteiger partial charge in [0.1, 0.15) is 5.15 Å². The number of aliphatic hydroxyl groups is 1. The lowest BCUT2D eigenvalue weighted by Crippen LogP contribution is -2.31. The van der Waals surface area contributed by atoms with Gasteiger partial charge in [0.25, 0.3) is 0 Å². The molecule has 0 aliphatic heterocycles. The molecule has 0 amide bonds. The number of pyridine rings is 1. The zero-order chi connectivity index (χ0) is 12.4. The van der Waals surface area contributed by atoms with Crippen molar-refractivity contribution in [3.05, 3.63) is 29.0 Å². The second kappa shape index (κ2) is 5.02. The first kappa shape index (κ1) is 12.3. The molecule has 92 valence electrons. The number of hydrogen-bond donors (Lipinski definition) is 2. The Bertz CT molecular complexity index is 407. The molecule has 2 rings (SSSR count). The van der Waals surface area contributed by atoms with Crippen LogP contribution in [0, 0.1) is 5.92 Å². The van der Waals surface area contributed by atoms with Gasteiger partial charge in [-0.25, -0.2) is 4.98 Å². The predicted molar refractivity (Wildman–Crippen MR) is 63.0 cm³/mol. The molecular weight excluding hydrogens is 242 g/mol. The number of aromatic nitrogens is 1. The smallest absolute Gasteiger partial charge is 0.307 e. The molecule has 5 heteroatoms. The summed E-state index contributed by atoms with van der Waals surface area (Å²) in [6, 6.07) is 3.44. The van der Waals surface area contributed by atoms with Gasteiger partial charge in [0.2, 0.25) is 0 Å². The van der Waals surface area contributed by atoms with Crippen LogP contribution in [0.2, 0.25) is 5.15 Å². The summed E-state index contributed by atoms with van der Waals surface area (Å²) in [4.78, 5) is 15.1. The minimum absolute atomic E-state index is 0.180. The zero-order valence-corrected chi connectivity index (χ0v) is 9.97. The van der Waals surface area contributed by atoms with Crippen LogP contribution in [0.1, 0.15) is 30.7 Å². The number of carboxylic acids is 1.